The summed E-state index contributed by atoms with van der Waals surface area (Å²) in [5.74, 6) is -0.583. The van der Waals surface area contributed by atoms with E-state index in [0.29, 0.717) is 16.5 Å². The van der Waals surface area contributed by atoms with Crippen LogP contribution in [0, 0.1) is 11.6 Å². The van der Waals surface area contributed by atoms with E-state index in [0.717, 1.165) is 5.39 Å². The molecule has 18 heavy (non-hydrogen) atoms. The molecule has 0 fully saturated rings. The largest absolute Gasteiger partial charge is 0.206 e. The van der Waals surface area contributed by atoms with Crippen LogP contribution in [-0.2, 0) is 0 Å². The highest BCUT2D eigenvalue weighted by Gasteiger charge is 2.09. The average molecular weight is 240 g/mol. The van der Waals surface area contributed by atoms with Gasteiger partial charge in [0, 0.05) is 10.9 Å². The van der Waals surface area contributed by atoms with E-state index in [4.69, 9.17) is 0 Å². The van der Waals surface area contributed by atoms with Gasteiger partial charge in [0.25, 0.3) is 0 Å². The lowest BCUT2D eigenvalue weighted by atomic mass is 9.98. The lowest BCUT2D eigenvalue weighted by Gasteiger charge is -2.08. The Morgan fingerprint density at radius 2 is 1.11 bits per heavy atom. The molecule has 0 bridgehead atoms. The molecule has 0 saturated carbocycles. The molecule has 0 aromatic heterocycles. The molecular formula is C16H10F2. The molecule has 0 radical (unpaired) electrons. The number of benzene rings is 3. The number of hydrogen-bond acceptors (Lipinski definition) is 0. The molecule has 3 aromatic rings. The normalized spacial score (nSPS) is 10.8. The van der Waals surface area contributed by atoms with E-state index < -0.39 is 0 Å². The Morgan fingerprint density at radius 1 is 0.500 bits per heavy atom. The number of rotatable bonds is 1. The van der Waals surface area contributed by atoms with Gasteiger partial charge in [0.15, 0.2) is 0 Å². The van der Waals surface area contributed by atoms with Crippen molar-refractivity contribution in [2.75, 3.05) is 0 Å². The minimum absolute atomic E-state index is 0.286. The van der Waals surface area contributed by atoms with E-state index >= 15 is 0 Å². The summed E-state index contributed by atoms with van der Waals surface area (Å²) >= 11 is 0. The molecule has 3 rings (SSSR count). The molecule has 0 spiro atoms. The molecule has 0 nitrogen and oxygen atoms in total. The van der Waals surface area contributed by atoms with E-state index in [-0.39, 0.29) is 11.6 Å². The Balaban J connectivity index is 2.37. The van der Waals surface area contributed by atoms with Gasteiger partial charge < -0.3 is 0 Å². The predicted octanol–water partition coefficient (Wildman–Crippen LogP) is 4.79. The van der Waals surface area contributed by atoms with Gasteiger partial charge in [-0.1, -0.05) is 48.5 Å². The summed E-state index contributed by atoms with van der Waals surface area (Å²) in [5.41, 5.74) is 1.21. The van der Waals surface area contributed by atoms with Gasteiger partial charge in [0.1, 0.15) is 11.6 Å². The fraction of sp³-hybridized carbons (Fsp3) is 0. The summed E-state index contributed by atoms with van der Waals surface area (Å²) < 4.78 is 27.5. The molecule has 88 valence electrons. The molecule has 0 heterocycles. The first-order valence-corrected chi connectivity index (χ1v) is 5.69. The van der Waals surface area contributed by atoms with Gasteiger partial charge in [0.2, 0.25) is 0 Å². The van der Waals surface area contributed by atoms with Gasteiger partial charge in [-0.2, -0.15) is 0 Å². The van der Waals surface area contributed by atoms with Crippen molar-refractivity contribution in [1.29, 1.82) is 0 Å². The van der Waals surface area contributed by atoms with Crippen molar-refractivity contribution in [2.24, 2.45) is 0 Å². The molecule has 0 aliphatic heterocycles. The van der Waals surface area contributed by atoms with Crippen LogP contribution >= 0.6 is 0 Å². The number of hydrogen-bond donors (Lipinski definition) is 0. The van der Waals surface area contributed by atoms with Crippen LogP contribution in [0.3, 0.4) is 0 Å². The molecule has 0 aliphatic rings. The highest BCUT2D eigenvalue weighted by atomic mass is 19.1. The predicted molar refractivity (Wildman–Crippen MR) is 69.3 cm³/mol. The maximum Gasteiger partial charge on any atom is 0.131 e. The zero-order valence-corrected chi connectivity index (χ0v) is 9.53. The summed E-state index contributed by atoms with van der Waals surface area (Å²) in [6.07, 6.45) is 0. The van der Waals surface area contributed by atoms with E-state index in [2.05, 4.69) is 0 Å². The molecule has 3 aromatic carbocycles. The Bertz CT molecular complexity index is 717. The standard InChI is InChI=1S/C16H10F2/c17-15-9-2-1-5-13(15)11-6-3-8-14-12(11)7-4-10-16(14)18/h1-10H. The van der Waals surface area contributed by atoms with Gasteiger partial charge >= 0.3 is 0 Å². The van der Waals surface area contributed by atoms with E-state index in [9.17, 15) is 8.78 Å². The van der Waals surface area contributed by atoms with Crippen LogP contribution in [0.15, 0.2) is 60.7 Å². The van der Waals surface area contributed by atoms with Gasteiger partial charge in [0.05, 0.1) is 0 Å². The molecule has 2 heteroatoms. The van der Waals surface area contributed by atoms with Crippen LogP contribution in [0.5, 0.6) is 0 Å². The Morgan fingerprint density at radius 3 is 1.94 bits per heavy atom. The SMILES string of the molecule is Fc1ccccc1-c1cccc2c(F)cccc12. The second-order valence-electron chi connectivity index (χ2n) is 4.12. The smallest absolute Gasteiger partial charge is 0.131 e. The third-order valence-electron chi connectivity index (χ3n) is 3.03. The van der Waals surface area contributed by atoms with Crippen LogP contribution in [0.2, 0.25) is 0 Å². The van der Waals surface area contributed by atoms with Crippen LogP contribution in [-0.4, -0.2) is 0 Å². The highest BCUT2D eigenvalue weighted by Crippen LogP contribution is 2.31. The molecule has 0 saturated heterocycles. The van der Waals surface area contributed by atoms with Crippen molar-refractivity contribution >= 4 is 10.8 Å². The van der Waals surface area contributed by atoms with Gasteiger partial charge in [-0.15, -0.1) is 0 Å². The minimum atomic E-state index is -0.297. The molecule has 0 aliphatic carbocycles. The van der Waals surface area contributed by atoms with Gasteiger partial charge in [-0.25, -0.2) is 8.78 Å². The Labute approximate surface area is 104 Å². The number of fused-ring (bicyclic) bond motifs is 1. The summed E-state index contributed by atoms with van der Waals surface area (Å²) in [5, 5.41) is 1.24. The minimum Gasteiger partial charge on any atom is -0.206 e. The fourth-order valence-electron chi connectivity index (χ4n) is 2.19. The molecular weight excluding hydrogens is 230 g/mol. The molecule has 0 amide bonds. The second kappa shape index (κ2) is 4.22. The first-order chi connectivity index (χ1) is 8.77. The zero-order valence-electron chi connectivity index (χ0n) is 9.53. The van der Waals surface area contributed by atoms with Crippen LogP contribution in [0.25, 0.3) is 21.9 Å². The monoisotopic (exact) mass is 240 g/mol. The summed E-state index contributed by atoms with van der Waals surface area (Å²) in [4.78, 5) is 0. The quantitative estimate of drug-likeness (QED) is 0.574. The third-order valence-corrected chi connectivity index (χ3v) is 3.03. The topological polar surface area (TPSA) is 0 Å². The Kier molecular flexibility index (Phi) is 2.56. The first-order valence-electron chi connectivity index (χ1n) is 5.69. The van der Waals surface area contributed by atoms with Gasteiger partial charge in [-0.05, 0) is 23.1 Å². The second-order valence-corrected chi connectivity index (χ2v) is 4.12. The van der Waals surface area contributed by atoms with Crippen LogP contribution in [0.4, 0.5) is 8.78 Å². The average Bonchev–Trinajstić information content (AvgIpc) is 2.40. The first kappa shape index (κ1) is 10.9. The fourth-order valence-corrected chi connectivity index (χ4v) is 2.19. The van der Waals surface area contributed by atoms with E-state index in [1.165, 1.54) is 12.1 Å². The summed E-state index contributed by atoms with van der Waals surface area (Å²) in [7, 11) is 0. The molecule has 0 N–H and O–H groups in total. The molecule has 0 atom stereocenters. The van der Waals surface area contributed by atoms with Crippen molar-refractivity contribution in [1.82, 2.24) is 0 Å². The van der Waals surface area contributed by atoms with Crippen molar-refractivity contribution < 1.29 is 8.78 Å². The third kappa shape index (κ3) is 1.66. The van der Waals surface area contributed by atoms with Crippen molar-refractivity contribution in [3.8, 4) is 11.1 Å². The number of halogens is 2. The van der Waals surface area contributed by atoms with E-state index in [1.54, 1.807) is 48.5 Å². The van der Waals surface area contributed by atoms with Crippen LogP contribution in [0.1, 0.15) is 0 Å². The summed E-state index contributed by atoms with van der Waals surface area (Å²) in [6.45, 7) is 0. The van der Waals surface area contributed by atoms with Crippen molar-refractivity contribution in [3.05, 3.63) is 72.3 Å². The Hall–Kier alpha value is -2.22. The highest BCUT2D eigenvalue weighted by molar-refractivity contribution is 5.97. The maximum absolute atomic E-state index is 13.8. The summed E-state index contributed by atoms with van der Waals surface area (Å²) in [6, 6.07) is 16.6. The van der Waals surface area contributed by atoms with Crippen molar-refractivity contribution in [2.45, 2.75) is 0 Å². The lowest BCUT2D eigenvalue weighted by molar-refractivity contribution is 0.631. The maximum atomic E-state index is 13.8. The molecule has 0 unspecified atom stereocenters. The lowest BCUT2D eigenvalue weighted by Crippen LogP contribution is -1.87. The van der Waals surface area contributed by atoms with E-state index in [1.807, 2.05) is 0 Å². The zero-order chi connectivity index (χ0) is 12.5. The van der Waals surface area contributed by atoms with Gasteiger partial charge in [-0.3, -0.25) is 0 Å². The van der Waals surface area contributed by atoms with Crippen LogP contribution < -0.4 is 0 Å². The van der Waals surface area contributed by atoms with Crippen molar-refractivity contribution in [3.63, 3.8) is 0 Å².